The van der Waals surface area contributed by atoms with Crippen LogP contribution in [0.25, 0.3) is 11.0 Å². The summed E-state index contributed by atoms with van der Waals surface area (Å²) in [5, 5.41) is 21.9. The molecule has 0 saturated heterocycles. The number of nitrogens with one attached hydrogen (secondary N) is 1. The molecule has 0 radical (unpaired) electrons. The number of aryl methyl sites for hydroxylation is 2. The third kappa shape index (κ3) is 3.65. The third-order valence-electron chi connectivity index (χ3n) is 4.26. The van der Waals surface area contributed by atoms with Crippen molar-refractivity contribution in [3.05, 3.63) is 39.2 Å². The number of benzene rings is 1. The van der Waals surface area contributed by atoms with E-state index < -0.39 is 23.5 Å². The summed E-state index contributed by atoms with van der Waals surface area (Å²) in [6.45, 7) is 6.69. The first-order valence-corrected chi connectivity index (χ1v) is 7.90. The molecule has 2 rings (SSSR count). The molecule has 7 heteroatoms. The average molecular weight is 347 g/mol. The van der Waals surface area contributed by atoms with Crippen LogP contribution in [0.15, 0.2) is 21.3 Å². The normalized spacial score (nSPS) is 12.4. The van der Waals surface area contributed by atoms with Gasteiger partial charge in [-0.05, 0) is 37.5 Å². The van der Waals surface area contributed by atoms with E-state index in [0.717, 1.165) is 0 Å². The number of phenolic OH excluding ortho intramolecular Hbond substituents is 1. The molecule has 0 saturated carbocycles. The van der Waals surface area contributed by atoms with Crippen molar-refractivity contribution >= 4 is 22.8 Å². The molecule has 0 fully saturated rings. The van der Waals surface area contributed by atoms with Crippen molar-refractivity contribution < 1.29 is 24.2 Å². The molecule has 3 N–H and O–H groups in total. The second-order valence-electron chi connectivity index (χ2n) is 6.38. The van der Waals surface area contributed by atoms with Crippen molar-refractivity contribution in [1.82, 2.24) is 5.32 Å². The minimum absolute atomic E-state index is 0.0155. The second-order valence-corrected chi connectivity index (χ2v) is 6.38. The molecule has 0 aliphatic carbocycles. The zero-order valence-corrected chi connectivity index (χ0v) is 14.5. The average Bonchev–Trinajstić information content (AvgIpc) is 2.52. The molecule has 1 amide bonds. The van der Waals surface area contributed by atoms with Crippen LogP contribution in [0.5, 0.6) is 5.75 Å². The Labute approximate surface area is 144 Å². The molecule has 2 aromatic rings. The quantitative estimate of drug-likeness (QED) is 0.711. The molecule has 25 heavy (non-hydrogen) atoms. The number of rotatable bonds is 5. The molecule has 1 heterocycles. The van der Waals surface area contributed by atoms with Gasteiger partial charge in [0.05, 0.1) is 12.0 Å². The summed E-state index contributed by atoms with van der Waals surface area (Å²) in [4.78, 5) is 35.6. The van der Waals surface area contributed by atoms with Crippen LogP contribution in [0.2, 0.25) is 0 Å². The number of hydrogen-bond donors (Lipinski definition) is 3. The van der Waals surface area contributed by atoms with E-state index in [0.29, 0.717) is 16.5 Å². The molecule has 0 bridgehead atoms. The molecule has 7 nitrogen and oxygen atoms in total. The molecule has 0 spiro atoms. The van der Waals surface area contributed by atoms with E-state index in [1.165, 1.54) is 6.07 Å². The van der Waals surface area contributed by atoms with Gasteiger partial charge in [-0.3, -0.25) is 4.79 Å². The summed E-state index contributed by atoms with van der Waals surface area (Å²) in [5.41, 5.74) is 0.783. The molecule has 134 valence electrons. The topological polar surface area (TPSA) is 117 Å². The Morgan fingerprint density at radius 3 is 2.40 bits per heavy atom. The van der Waals surface area contributed by atoms with Crippen LogP contribution in [0.1, 0.15) is 30.5 Å². The molecule has 1 unspecified atom stereocenters. The van der Waals surface area contributed by atoms with Crippen LogP contribution in [0.3, 0.4) is 0 Å². The number of carbonyl (C=O) groups excluding carboxylic acids is 1. The Bertz CT molecular complexity index is 897. The molecule has 1 aromatic carbocycles. The first kappa shape index (κ1) is 18.5. The minimum Gasteiger partial charge on any atom is -0.508 e. The first-order chi connectivity index (χ1) is 11.6. The maximum atomic E-state index is 12.3. The Hall–Kier alpha value is -2.83. The third-order valence-corrected chi connectivity index (χ3v) is 4.26. The predicted molar refractivity (Wildman–Crippen MR) is 91.7 cm³/mol. The van der Waals surface area contributed by atoms with Crippen molar-refractivity contribution in [3.8, 4) is 5.75 Å². The first-order valence-electron chi connectivity index (χ1n) is 7.90. The Balaban J connectivity index is 2.39. The van der Waals surface area contributed by atoms with Gasteiger partial charge >= 0.3 is 11.6 Å². The number of amides is 1. The van der Waals surface area contributed by atoms with Gasteiger partial charge in [0.1, 0.15) is 17.4 Å². The standard InChI is InChI=1S/C18H21NO6/c1-8(2)15(17(22)23)19-14(21)7-12-9(3)11-5-6-13(20)10(4)16(11)25-18(12)24/h5-6,8,15,20H,7H2,1-4H3,(H,19,21)(H,22,23). The van der Waals surface area contributed by atoms with Crippen LogP contribution in [0.4, 0.5) is 0 Å². The smallest absolute Gasteiger partial charge is 0.340 e. The number of aromatic hydroxyl groups is 1. The summed E-state index contributed by atoms with van der Waals surface area (Å²) < 4.78 is 5.27. The highest BCUT2D eigenvalue weighted by Crippen LogP contribution is 2.28. The summed E-state index contributed by atoms with van der Waals surface area (Å²) in [6, 6.07) is 2.08. The zero-order chi connectivity index (χ0) is 18.9. The van der Waals surface area contributed by atoms with Crippen LogP contribution in [-0.4, -0.2) is 28.1 Å². The van der Waals surface area contributed by atoms with Crippen molar-refractivity contribution in [3.63, 3.8) is 0 Å². The van der Waals surface area contributed by atoms with Crippen LogP contribution in [0, 0.1) is 19.8 Å². The van der Waals surface area contributed by atoms with Gasteiger partial charge < -0.3 is 19.9 Å². The Morgan fingerprint density at radius 2 is 1.84 bits per heavy atom. The lowest BCUT2D eigenvalue weighted by atomic mass is 10.0. The fraction of sp³-hybridized carbons (Fsp3) is 0.389. The Morgan fingerprint density at radius 1 is 1.20 bits per heavy atom. The van der Waals surface area contributed by atoms with Crippen molar-refractivity contribution in [2.45, 2.75) is 40.2 Å². The van der Waals surface area contributed by atoms with Gasteiger partial charge in [0, 0.05) is 10.9 Å². The van der Waals surface area contributed by atoms with E-state index in [1.54, 1.807) is 33.8 Å². The highest BCUT2D eigenvalue weighted by atomic mass is 16.4. The van der Waals surface area contributed by atoms with Crippen molar-refractivity contribution in [1.29, 1.82) is 0 Å². The zero-order valence-electron chi connectivity index (χ0n) is 14.5. The van der Waals surface area contributed by atoms with Crippen molar-refractivity contribution in [2.24, 2.45) is 5.92 Å². The van der Waals surface area contributed by atoms with Gasteiger partial charge in [-0.1, -0.05) is 13.8 Å². The van der Waals surface area contributed by atoms with E-state index in [4.69, 9.17) is 9.52 Å². The SMILES string of the molecule is Cc1c(CC(=O)NC(C(=O)O)C(C)C)c(=O)oc2c(C)c(O)ccc12. The molecule has 1 atom stereocenters. The maximum Gasteiger partial charge on any atom is 0.340 e. The number of fused-ring (bicyclic) bond motifs is 1. The minimum atomic E-state index is -1.13. The van der Waals surface area contributed by atoms with E-state index in [1.807, 2.05) is 0 Å². The highest BCUT2D eigenvalue weighted by molar-refractivity contribution is 5.88. The lowest BCUT2D eigenvalue weighted by molar-refractivity contribution is -0.143. The van der Waals surface area contributed by atoms with Gasteiger partial charge in [-0.15, -0.1) is 0 Å². The lowest BCUT2D eigenvalue weighted by Crippen LogP contribution is -2.45. The van der Waals surface area contributed by atoms with Crippen LogP contribution < -0.4 is 10.9 Å². The number of aliphatic carboxylic acids is 1. The van der Waals surface area contributed by atoms with Gasteiger partial charge in [0.25, 0.3) is 0 Å². The fourth-order valence-corrected chi connectivity index (χ4v) is 2.68. The number of carboxylic acids is 1. The van der Waals surface area contributed by atoms with Gasteiger partial charge in [0.2, 0.25) is 5.91 Å². The summed E-state index contributed by atoms with van der Waals surface area (Å²) >= 11 is 0. The van der Waals surface area contributed by atoms with Crippen LogP contribution in [-0.2, 0) is 16.0 Å². The predicted octanol–water partition coefficient (Wildman–Crippen LogP) is 1.88. The summed E-state index contributed by atoms with van der Waals surface area (Å²) in [6.07, 6.45) is -0.277. The lowest BCUT2D eigenvalue weighted by Gasteiger charge is -2.18. The molecule has 0 aliphatic heterocycles. The van der Waals surface area contributed by atoms with E-state index in [2.05, 4.69) is 5.32 Å². The Kier molecular flexibility index (Phi) is 5.15. The number of phenols is 1. The maximum absolute atomic E-state index is 12.3. The summed E-state index contributed by atoms with van der Waals surface area (Å²) in [5.74, 6) is -1.97. The molecular formula is C18H21NO6. The molecule has 0 aliphatic rings. The van der Waals surface area contributed by atoms with E-state index in [-0.39, 0.29) is 29.2 Å². The highest BCUT2D eigenvalue weighted by Gasteiger charge is 2.24. The van der Waals surface area contributed by atoms with E-state index in [9.17, 15) is 19.5 Å². The van der Waals surface area contributed by atoms with Crippen molar-refractivity contribution in [2.75, 3.05) is 0 Å². The number of carboxylic acid groups (broad SMARTS) is 1. The largest absolute Gasteiger partial charge is 0.508 e. The second kappa shape index (κ2) is 6.96. The number of hydrogen-bond acceptors (Lipinski definition) is 5. The summed E-state index contributed by atoms with van der Waals surface area (Å²) in [7, 11) is 0. The fourth-order valence-electron chi connectivity index (χ4n) is 2.68. The van der Waals surface area contributed by atoms with Gasteiger partial charge in [-0.2, -0.15) is 0 Å². The number of carbonyl (C=O) groups is 2. The van der Waals surface area contributed by atoms with Gasteiger partial charge in [-0.25, -0.2) is 9.59 Å². The van der Waals surface area contributed by atoms with Crippen LogP contribution >= 0.6 is 0 Å². The monoisotopic (exact) mass is 347 g/mol. The molecular weight excluding hydrogens is 326 g/mol. The van der Waals surface area contributed by atoms with E-state index >= 15 is 0 Å². The van der Waals surface area contributed by atoms with Gasteiger partial charge in [0.15, 0.2) is 0 Å². The molecule has 1 aromatic heterocycles.